The molecule has 1 aliphatic carbocycles. The molecule has 1 atom stereocenters. The average molecular weight is 160 g/mol. The average Bonchev–Trinajstić information content (AvgIpc) is 1.85. The van der Waals surface area contributed by atoms with Crippen LogP contribution in [0, 0.1) is 5.92 Å². The SMILES string of the molecule is CC(C)C1=C(F)CCCC1F. The smallest absolute Gasteiger partial charge is 0.124 e. The normalized spacial score (nSPS) is 26.5. The van der Waals surface area contributed by atoms with Gasteiger partial charge in [0.2, 0.25) is 0 Å². The van der Waals surface area contributed by atoms with E-state index in [0.717, 1.165) is 0 Å². The third-order valence-corrected chi connectivity index (χ3v) is 2.13. The first-order valence-electron chi connectivity index (χ1n) is 4.15. The lowest BCUT2D eigenvalue weighted by Crippen LogP contribution is -2.15. The number of alkyl halides is 1. The van der Waals surface area contributed by atoms with Gasteiger partial charge in [-0.3, -0.25) is 0 Å². The van der Waals surface area contributed by atoms with Crippen LogP contribution >= 0.6 is 0 Å². The molecule has 0 saturated heterocycles. The summed E-state index contributed by atoms with van der Waals surface area (Å²) in [6.45, 7) is 3.68. The minimum absolute atomic E-state index is 0.0188. The van der Waals surface area contributed by atoms with Crippen molar-refractivity contribution in [3.63, 3.8) is 0 Å². The van der Waals surface area contributed by atoms with E-state index in [0.29, 0.717) is 24.8 Å². The summed E-state index contributed by atoms with van der Waals surface area (Å²) in [7, 11) is 0. The Kier molecular flexibility index (Phi) is 2.63. The van der Waals surface area contributed by atoms with Gasteiger partial charge in [0.25, 0.3) is 0 Å². The van der Waals surface area contributed by atoms with E-state index in [-0.39, 0.29) is 11.7 Å². The highest BCUT2D eigenvalue weighted by atomic mass is 19.1. The summed E-state index contributed by atoms with van der Waals surface area (Å²) >= 11 is 0. The van der Waals surface area contributed by atoms with Gasteiger partial charge in [-0.05, 0) is 30.8 Å². The number of hydrogen-bond acceptors (Lipinski definition) is 0. The lowest BCUT2D eigenvalue weighted by atomic mass is 9.89. The molecule has 0 bridgehead atoms. The number of rotatable bonds is 1. The Labute approximate surface area is 66.3 Å². The Balaban J connectivity index is 2.82. The van der Waals surface area contributed by atoms with Crippen LogP contribution in [0.3, 0.4) is 0 Å². The molecule has 0 aromatic carbocycles. The molecule has 1 unspecified atom stereocenters. The molecule has 2 heteroatoms. The predicted molar refractivity (Wildman–Crippen MR) is 41.7 cm³/mol. The van der Waals surface area contributed by atoms with Crippen molar-refractivity contribution in [3.8, 4) is 0 Å². The summed E-state index contributed by atoms with van der Waals surface area (Å²) in [5, 5.41) is 0. The van der Waals surface area contributed by atoms with Crippen LogP contribution in [0.1, 0.15) is 33.1 Å². The van der Waals surface area contributed by atoms with Crippen molar-refractivity contribution in [1.29, 1.82) is 0 Å². The van der Waals surface area contributed by atoms with Crippen LogP contribution in [0.2, 0.25) is 0 Å². The van der Waals surface area contributed by atoms with E-state index in [4.69, 9.17) is 0 Å². The van der Waals surface area contributed by atoms with E-state index in [2.05, 4.69) is 0 Å². The van der Waals surface area contributed by atoms with E-state index in [1.807, 2.05) is 13.8 Å². The second-order valence-corrected chi connectivity index (χ2v) is 3.37. The molecular weight excluding hydrogens is 146 g/mol. The van der Waals surface area contributed by atoms with Crippen LogP contribution < -0.4 is 0 Å². The molecule has 0 aliphatic heterocycles. The summed E-state index contributed by atoms with van der Waals surface area (Å²) in [5.74, 6) is -0.191. The van der Waals surface area contributed by atoms with Gasteiger partial charge in [-0.15, -0.1) is 0 Å². The fraction of sp³-hybridized carbons (Fsp3) is 0.778. The molecule has 0 spiro atoms. The maximum absolute atomic E-state index is 13.1. The largest absolute Gasteiger partial charge is 0.243 e. The maximum Gasteiger partial charge on any atom is 0.124 e. The van der Waals surface area contributed by atoms with E-state index in [1.54, 1.807) is 0 Å². The van der Waals surface area contributed by atoms with Gasteiger partial charge >= 0.3 is 0 Å². The quantitative estimate of drug-likeness (QED) is 0.551. The molecule has 1 rings (SSSR count). The Morgan fingerprint density at radius 1 is 1.45 bits per heavy atom. The zero-order chi connectivity index (χ0) is 8.43. The van der Waals surface area contributed by atoms with Crippen molar-refractivity contribution in [1.82, 2.24) is 0 Å². The Bertz CT molecular complexity index is 170. The van der Waals surface area contributed by atoms with Crippen LogP contribution in [0.5, 0.6) is 0 Å². The predicted octanol–water partition coefficient (Wildman–Crippen LogP) is 3.39. The molecule has 0 saturated carbocycles. The minimum Gasteiger partial charge on any atom is -0.243 e. The summed E-state index contributed by atoms with van der Waals surface area (Å²) in [6.07, 6.45) is 0.571. The lowest BCUT2D eigenvalue weighted by molar-refractivity contribution is 0.298. The Morgan fingerprint density at radius 3 is 2.45 bits per heavy atom. The summed E-state index contributed by atoms with van der Waals surface area (Å²) in [6, 6.07) is 0. The number of hydrogen-bond donors (Lipinski definition) is 0. The van der Waals surface area contributed by atoms with Gasteiger partial charge in [-0.25, -0.2) is 8.78 Å². The van der Waals surface area contributed by atoms with Gasteiger partial charge in [0.15, 0.2) is 0 Å². The van der Waals surface area contributed by atoms with Crippen molar-refractivity contribution in [2.45, 2.75) is 39.3 Å². The third kappa shape index (κ3) is 1.79. The zero-order valence-corrected chi connectivity index (χ0v) is 7.03. The van der Waals surface area contributed by atoms with Gasteiger partial charge in [0, 0.05) is 0 Å². The topological polar surface area (TPSA) is 0 Å². The molecule has 0 aromatic heterocycles. The van der Waals surface area contributed by atoms with E-state index in [9.17, 15) is 8.78 Å². The van der Waals surface area contributed by atoms with Crippen molar-refractivity contribution in [2.75, 3.05) is 0 Å². The molecule has 0 radical (unpaired) electrons. The standard InChI is InChI=1S/C9H14F2/c1-6(2)9-7(10)4-3-5-8(9)11/h6-7H,3-5H2,1-2H3. The van der Waals surface area contributed by atoms with Crippen LogP contribution in [0.15, 0.2) is 11.4 Å². The zero-order valence-electron chi connectivity index (χ0n) is 7.03. The van der Waals surface area contributed by atoms with Gasteiger partial charge < -0.3 is 0 Å². The first kappa shape index (κ1) is 8.69. The first-order chi connectivity index (χ1) is 5.13. The monoisotopic (exact) mass is 160 g/mol. The summed E-state index contributed by atoms with van der Waals surface area (Å²) < 4.78 is 26.0. The molecule has 0 fully saturated rings. The number of allylic oxidation sites excluding steroid dienone is 2. The van der Waals surface area contributed by atoms with Crippen LogP contribution in [0.4, 0.5) is 8.78 Å². The number of halogens is 2. The van der Waals surface area contributed by atoms with Crippen LogP contribution in [-0.2, 0) is 0 Å². The summed E-state index contributed by atoms with van der Waals surface area (Å²) in [5.41, 5.74) is 0.399. The highest BCUT2D eigenvalue weighted by molar-refractivity contribution is 5.18. The van der Waals surface area contributed by atoms with Crippen LogP contribution in [0.25, 0.3) is 0 Å². The maximum atomic E-state index is 13.1. The van der Waals surface area contributed by atoms with Crippen molar-refractivity contribution in [3.05, 3.63) is 11.4 Å². The molecule has 0 N–H and O–H groups in total. The first-order valence-corrected chi connectivity index (χ1v) is 4.15. The van der Waals surface area contributed by atoms with Gasteiger partial charge in [-0.1, -0.05) is 13.8 Å². The molecule has 0 heterocycles. The van der Waals surface area contributed by atoms with E-state index >= 15 is 0 Å². The van der Waals surface area contributed by atoms with Gasteiger partial charge in [0.05, 0.1) is 0 Å². The van der Waals surface area contributed by atoms with Crippen molar-refractivity contribution < 1.29 is 8.78 Å². The molecule has 11 heavy (non-hydrogen) atoms. The molecule has 0 amide bonds. The highest BCUT2D eigenvalue weighted by Gasteiger charge is 2.24. The molecular formula is C9H14F2. The van der Waals surface area contributed by atoms with Crippen molar-refractivity contribution >= 4 is 0 Å². The fourth-order valence-corrected chi connectivity index (χ4v) is 1.58. The second kappa shape index (κ2) is 3.33. The van der Waals surface area contributed by atoms with Crippen molar-refractivity contribution in [2.24, 2.45) is 5.92 Å². The van der Waals surface area contributed by atoms with E-state index < -0.39 is 6.17 Å². The van der Waals surface area contributed by atoms with Crippen LogP contribution in [-0.4, -0.2) is 6.17 Å². The fourth-order valence-electron chi connectivity index (χ4n) is 1.58. The highest BCUT2D eigenvalue weighted by Crippen LogP contribution is 2.32. The summed E-state index contributed by atoms with van der Waals surface area (Å²) in [4.78, 5) is 0. The third-order valence-electron chi connectivity index (χ3n) is 2.13. The lowest BCUT2D eigenvalue weighted by Gasteiger charge is -2.21. The van der Waals surface area contributed by atoms with Gasteiger partial charge in [-0.2, -0.15) is 0 Å². The minimum atomic E-state index is -1.02. The molecule has 0 nitrogen and oxygen atoms in total. The Morgan fingerprint density at radius 2 is 2.09 bits per heavy atom. The van der Waals surface area contributed by atoms with Gasteiger partial charge in [0.1, 0.15) is 12.0 Å². The molecule has 1 aliphatic rings. The Hall–Kier alpha value is -0.400. The molecule has 0 aromatic rings. The van der Waals surface area contributed by atoms with E-state index in [1.165, 1.54) is 0 Å². The molecule has 64 valence electrons. The second-order valence-electron chi connectivity index (χ2n) is 3.37.